The van der Waals surface area contributed by atoms with Crippen LogP contribution < -0.4 is 10.1 Å². The molecule has 1 N–H and O–H groups in total. The Morgan fingerprint density at radius 1 is 1.25 bits per heavy atom. The highest BCUT2D eigenvalue weighted by molar-refractivity contribution is 7.22. The van der Waals surface area contributed by atoms with Gasteiger partial charge >= 0.3 is 0 Å². The smallest absolute Gasteiger partial charge is 0.261 e. The minimum Gasteiger partial charge on any atom is -0.493 e. The molecule has 0 saturated carbocycles. The third-order valence-corrected chi connectivity index (χ3v) is 4.59. The van der Waals surface area contributed by atoms with Gasteiger partial charge in [0.05, 0.1) is 22.4 Å². The molecule has 4 nitrogen and oxygen atoms in total. The Hall–Kier alpha value is -2.40. The summed E-state index contributed by atoms with van der Waals surface area (Å²) < 4.78 is 6.80. The van der Waals surface area contributed by atoms with Crippen molar-refractivity contribution >= 4 is 32.6 Å². The normalized spacial score (nSPS) is 10.8. The van der Waals surface area contributed by atoms with Gasteiger partial charge in [-0.15, -0.1) is 0 Å². The molecule has 0 bridgehead atoms. The first-order valence-electron chi connectivity index (χ1n) is 8.07. The Morgan fingerprint density at radius 2 is 2.08 bits per heavy atom. The van der Waals surface area contributed by atoms with Crippen molar-refractivity contribution in [2.24, 2.45) is 0 Å². The lowest BCUT2D eigenvalue weighted by atomic mass is 10.2. The molecule has 1 heterocycles. The topological polar surface area (TPSA) is 51.2 Å². The predicted molar refractivity (Wildman–Crippen MR) is 99.2 cm³/mol. The number of thiazole rings is 1. The number of carbonyl (C=O) groups is 1. The number of rotatable bonds is 6. The molecule has 24 heavy (non-hydrogen) atoms. The summed E-state index contributed by atoms with van der Waals surface area (Å²) in [6.45, 7) is 4.76. The van der Waals surface area contributed by atoms with Crippen LogP contribution in [0.1, 0.15) is 35.7 Å². The van der Waals surface area contributed by atoms with Crippen LogP contribution >= 0.6 is 11.3 Å². The number of aryl methyl sites for hydroxylation is 1. The first-order valence-corrected chi connectivity index (χ1v) is 8.89. The minimum absolute atomic E-state index is 0.196. The second kappa shape index (κ2) is 7.45. The van der Waals surface area contributed by atoms with Gasteiger partial charge in [-0.3, -0.25) is 10.1 Å². The van der Waals surface area contributed by atoms with Gasteiger partial charge in [0.2, 0.25) is 0 Å². The molecular weight excluding hydrogens is 320 g/mol. The van der Waals surface area contributed by atoms with Crippen molar-refractivity contribution in [3.8, 4) is 5.75 Å². The number of carbonyl (C=O) groups excluding carboxylic acids is 1. The number of ether oxygens (including phenoxy) is 1. The van der Waals surface area contributed by atoms with Gasteiger partial charge in [-0.2, -0.15) is 0 Å². The fraction of sp³-hybridized carbons (Fsp3) is 0.263. The number of benzene rings is 2. The van der Waals surface area contributed by atoms with Crippen molar-refractivity contribution in [2.45, 2.75) is 26.7 Å². The van der Waals surface area contributed by atoms with E-state index in [1.165, 1.54) is 16.9 Å². The molecule has 0 aliphatic rings. The van der Waals surface area contributed by atoms with Crippen LogP contribution in [0.4, 0.5) is 5.13 Å². The molecule has 1 aromatic heterocycles. The lowest BCUT2D eigenvalue weighted by Gasteiger charge is -2.10. The Morgan fingerprint density at radius 3 is 2.92 bits per heavy atom. The summed E-state index contributed by atoms with van der Waals surface area (Å²) in [5.74, 6) is 0.415. The van der Waals surface area contributed by atoms with E-state index in [4.69, 9.17) is 4.74 Å². The van der Waals surface area contributed by atoms with Crippen LogP contribution in [0, 0.1) is 6.92 Å². The van der Waals surface area contributed by atoms with Crippen molar-refractivity contribution in [2.75, 3.05) is 11.9 Å². The van der Waals surface area contributed by atoms with Gasteiger partial charge < -0.3 is 4.74 Å². The average molecular weight is 340 g/mol. The van der Waals surface area contributed by atoms with Crippen molar-refractivity contribution in [3.63, 3.8) is 0 Å². The number of hydrogen-bond acceptors (Lipinski definition) is 4. The molecule has 0 aliphatic carbocycles. The van der Waals surface area contributed by atoms with E-state index in [1.807, 2.05) is 37.3 Å². The molecule has 0 unspecified atom stereocenters. The number of nitrogens with zero attached hydrogens (tertiary/aromatic N) is 1. The van der Waals surface area contributed by atoms with E-state index in [1.54, 1.807) is 6.07 Å². The zero-order valence-corrected chi connectivity index (χ0v) is 14.7. The van der Waals surface area contributed by atoms with Gasteiger partial charge in [0.25, 0.3) is 5.91 Å². The van der Waals surface area contributed by atoms with Crippen molar-refractivity contribution in [1.29, 1.82) is 0 Å². The highest BCUT2D eigenvalue weighted by Gasteiger charge is 2.14. The van der Waals surface area contributed by atoms with Crippen LogP contribution in [0.2, 0.25) is 0 Å². The number of hydrogen-bond donors (Lipinski definition) is 1. The van der Waals surface area contributed by atoms with Crippen molar-refractivity contribution in [3.05, 3.63) is 53.6 Å². The monoisotopic (exact) mass is 340 g/mol. The molecule has 0 atom stereocenters. The third kappa shape index (κ3) is 3.74. The van der Waals surface area contributed by atoms with Gasteiger partial charge in [0.15, 0.2) is 5.13 Å². The standard InChI is InChI=1S/C19H20N2O2S/c1-3-4-11-23-16-8-6-5-7-14(16)18(22)21-19-20-15-10-9-13(2)12-17(15)24-19/h5-10,12H,3-4,11H2,1-2H3,(H,20,21,22). The summed E-state index contributed by atoms with van der Waals surface area (Å²) in [5, 5.41) is 3.49. The predicted octanol–water partition coefficient (Wildman–Crippen LogP) is 5.04. The highest BCUT2D eigenvalue weighted by atomic mass is 32.1. The summed E-state index contributed by atoms with van der Waals surface area (Å²) in [5.41, 5.74) is 2.61. The number of nitrogens with one attached hydrogen (secondary N) is 1. The first kappa shape index (κ1) is 16.5. The molecule has 0 spiro atoms. The van der Waals surface area contributed by atoms with Crippen molar-refractivity contribution < 1.29 is 9.53 Å². The summed E-state index contributed by atoms with van der Waals surface area (Å²) in [6, 6.07) is 13.4. The third-order valence-electron chi connectivity index (χ3n) is 3.65. The summed E-state index contributed by atoms with van der Waals surface area (Å²) in [6.07, 6.45) is 2.02. The SMILES string of the molecule is CCCCOc1ccccc1C(=O)Nc1nc2ccc(C)cc2s1. The Balaban J connectivity index is 1.78. The largest absolute Gasteiger partial charge is 0.493 e. The Bertz CT molecular complexity index is 857. The quantitative estimate of drug-likeness (QED) is 0.640. The summed E-state index contributed by atoms with van der Waals surface area (Å²) >= 11 is 1.48. The number of amides is 1. The number of fused-ring (bicyclic) bond motifs is 1. The second-order valence-electron chi connectivity index (χ2n) is 5.64. The number of aromatic nitrogens is 1. The lowest BCUT2D eigenvalue weighted by molar-refractivity contribution is 0.102. The fourth-order valence-corrected chi connectivity index (χ4v) is 3.32. The van der Waals surface area contributed by atoms with Crippen LogP contribution in [0.3, 0.4) is 0 Å². The van der Waals surface area contributed by atoms with E-state index in [-0.39, 0.29) is 5.91 Å². The Kier molecular flexibility index (Phi) is 5.11. The maximum absolute atomic E-state index is 12.6. The molecule has 2 aromatic carbocycles. The first-order chi connectivity index (χ1) is 11.7. The summed E-state index contributed by atoms with van der Waals surface area (Å²) in [4.78, 5) is 17.1. The van der Waals surface area contributed by atoms with E-state index in [0.29, 0.717) is 23.1 Å². The molecular formula is C19H20N2O2S. The zero-order valence-electron chi connectivity index (χ0n) is 13.8. The van der Waals surface area contributed by atoms with Crippen LogP contribution in [-0.4, -0.2) is 17.5 Å². The van der Waals surface area contributed by atoms with Crippen LogP contribution in [0.25, 0.3) is 10.2 Å². The van der Waals surface area contributed by atoms with Gasteiger partial charge in [-0.25, -0.2) is 4.98 Å². The van der Waals surface area contributed by atoms with Gasteiger partial charge in [0, 0.05) is 0 Å². The maximum Gasteiger partial charge on any atom is 0.261 e. The van der Waals surface area contributed by atoms with Gasteiger partial charge in [-0.05, 0) is 43.2 Å². The molecule has 0 saturated heterocycles. The van der Waals surface area contributed by atoms with E-state index < -0.39 is 0 Å². The molecule has 3 aromatic rings. The van der Waals surface area contributed by atoms with Crippen LogP contribution in [0.15, 0.2) is 42.5 Å². The molecule has 1 amide bonds. The molecule has 124 valence electrons. The summed E-state index contributed by atoms with van der Waals surface area (Å²) in [7, 11) is 0. The number of unbranched alkanes of at least 4 members (excludes halogenated alkanes) is 1. The lowest BCUT2D eigenvalue weighted by Crippen LogP contribution is -2.13. The minimum atomic E-state index is -0.196. The average Bonchev–Trinajstić information content (AvgIpc) is 2.96. The second-order valence-corrected chi connectivity index (χ2v) is 6.67. The van der Waals surface area contributed by atoms with Crippen LogP contribution in [0.5, 0.6) is 5.75 Å². The van der Waals surface area contributed by atoms with Crippen molar-refractivity contribution in [1.82, 2.24) is 4.98 Å². The molecule has 0 radical (unpaired) electrons. The molecule has 0 fully saturated rings. The molecule has 0 aliphatic heterocycles. The number of anilines is 1. The van der Waals surface area contributed by atoms with E-state index in [2.05, 4.69) is 23.3 Å². The maximum atomic E-state index is 12.6. The fourth-order valence-electron chi connectivity index (χ4n) is 2.36. The zero-order chi connectivity index (χ0) is 16.9. The number of para-hydroxylation sites is 1. The Labute approximate surface area is 145 Å². The van der Waals surface area contributed by atoms with Gasteiger partial charge in [-0.1, -0.05) is 42.9 Å². The van der Waals surface area contributed by atoms with Crippen LogP contribution in [-0.2, 0) is 0 Å². The molecule has 5 heteroatoms. The van der Waals surface area contributed by atoms with E-state index in [9.17, 15) is 4.79 Å². The van der Waals surface area contributed by atoms with E-state index in [0.717, 1.165) is 23.1 Å². The van der Waals surface area contributed by atoms with Gasteiger partial charge in [0.1, 0.15) is 5.75 Å². The van der Waals surface area contributed by atoms with E-state index >= 15 is 0 Å². The highest BCUT2D eigenvalue weighted by Crippen LogP contribution is 2.28. The molecule has 3 rings (SSSR count).